The first-order valence-corrected chi connectivity index (χ1v) is 9.92. The SMILES string of the molecule is COc1cccc(CNC(=O)C2CCN(c3nc4cccnc4s3)CC2)c1. The summed E-state index contributed by atoms with van der Waals surface area (Å²) >= 11 is 1.62. The van der Waals surface area contributed by atoms with Crippen molar-refractivity contribution in [1.82, 2.24) is 15.3 Å². The number of fused-ring (bicyclic) bond motifs is 1. The summed E-state index contributed by atoms with van der Waals surface area (Å²) in [7, 11) is 1.65. The monoisotopic (exact) mass is 382 g/mol. The second-order valence-electron chi connectivity index (χ2n) is 6.65. The van der Waals surface area contributed by atoms with Gasteiger partial charge < -0.3 is 15.0 Å². The van der Waals surface area contributed by atoms with Crippen LogP contribution in [0.5, 0.6) is 5.75 Å². The zero-order chi connectivity index (χ0) is 18.6. The quantitative estimate of drug-likeness (QED) is 0.734. The van der Waals surface area contributed by atoms with Crippen molar-refractivity contribution in [2.75, 3.05) is 25.1 Å². The Labute approximate surface area is 162 Å². The molecule has 3 heterocycles. The Morgan fingerprint density at radius 2 is 2.15 bits per heavy atom. The number of amides is 1. The van der Waals surface area contributed by atoms with Crippen LogP contribution in [0.1, 0.15) is 18.4 Å². The minimum atomic E-state index is 0.0550. The third-order valence-corrected chi connectivity index (χ3v) is 5.93. The van der Waals surface area contributed by atoms with Gasteiger partial charge in [0.25, 0.3) is 0 Å². The molecular formula is C20H22N4O2S. The number of aromatic nitrogens is 2. The number of ether oxygens (including phenoxy) is 1. The van der Waals surface area contributed by atoms with Crippen LogP contribution in [0.2, 0.25) is 0 Å². The molecule has 0 aliphatic carbocycles. The number of thiazole rings is 1. The normalized spacial score (nSPS) is 15.1. The van der Waals surface area contributed by atoms with Gasteiger partial charge in [-0.1, -0.05) is 23.5 Å². The van der Waals surface area contributed by atoms with Crippen LogP contribution in [0.25, 0.3) is 10.3 Å². The van der Waals surface area contributed by atoms with Gasteiger partial charge in [0.05, 0.1) is 7.11 Å². The van der Waals surface area contributed by atoms with Gasteiger partial charge in [0.15, 0.2) is 5.13 Å². The van der Waals surface area contributed by atoms with Gasteiger partial charge in [-0.15, -0.1) is 0 Å². The lowest BCUT2D eigenvalue weighted by Crippen LogP contribution is -2.40. The molecule has 1 aliphatic rings. The molecule has 0 bridgehead atoms. The van der Waals surface area contributed by atoms with Gasteiger partial charge in [-0.2, -0.15) is 0 Å². The van der Waals surface area contributed by atoms with Gasteiger partial charge in [-0.3, -0.25) is 4.79 Å². The summed E-state index contributed by atoms with van der Waals surface area (Å²) in [5.41, 5.74) is 1.98. The second-order valence-corrected chi connectivity index (χ2v) is 7.61. The maximum Gasteiger partial charge on any atom is 0.223 e. The molecule has 0 unspecified atom stereocenters. The Balaban J connectivity index is 1.31. The lowest BCUT2D eigenvalue weighted by molar-refractivity contribution is -0.125. The van der Waals surface area contributed by atoms with Crippen LogP contribution in [-0.4, -0.2) is 36.1 Å². The molecule has 27 heavy (non-hydrogen) atoms. The van der Waals surface area contributed by atoms with Crippen molar-refractivity contribution >= 4 is 32.7 Å². The van der Waals surface area contributed by atoms with Gasteiger partial charge in [0, 0.05) is 31.7 Å². The minimum Gasteiger partial charge on any atom is -0.497 e. The van der Waals surface area contributed by atoms with Crippen molar-refractivity contribution in [2.24, 2.45) is 5.92 Å². The fraction of sp³-hybridized carbons (Fsp3) is 0.350. The van der Waals surface area contributed by atoms with Gasteiger partial charge in [0.2, 0.25) is 5.91 Å². The molecule has 1 aliphatic heterocycles. The van der Waals surface area contributed by atoms with E-state index in [1.807, 2.05) is 36.4 Å². The predicted molar refractivity (Wildman–Crippen MR) is 107 cm³/mol. The molecule has 1 saturated heterocycles. The van der Waals surface area contributed by atoms with E-state index in [0.29, 0.717) is 6.54 Å². The Hall–Kier alpha value is -2.67. The highest BCUT2D eigenvalue weighted by atomic mass is 32.1. The van der Waals surface area contributed by atoms with Crippen LogP contribution in [0.3, 0.4) is 0 Å². The number of rotatable bonds is 5. The third-order valence-electron chi connectivity index (χ3n) is 4.89. The van der Waals surface area contributed by atoms with E-state index < -0.39 is 0 Å². The molecule has 4 rings (SSSR count). The molecular weight excluding hydrogens is 360 g/mol. The number of benzene rings is 1. The molecule has 2 aromatic heterocycles. The first kappa shape index (κ1) is 17.7. The number of nitrogens with zero attached hydrogens (tertiary/aromatic N) is 3. The molecule has 0 spiro atoms. The number of pyridine rings is 1. The molecule has 140 valence electrons. The molecule has 0 saturated carbocycles. The number of carbonyl (C=O) groups excluding carboxylic acids is 1. The lowest BCUT2D eigenvalue weighted by Gasteiger charge is -2.31. The van der Waals surface area contributed by atoms with Crippen molar-refractivity contribution in [3.63, 3.8) is 0 Å². The molecule has 1 amide bonds. The topological polar surface area (TPSA) is 67.3 Å². The number of anilines is 1. The second kappa shape index (κ2) is 7.92. The predicted octanol–water partition coefficient (Wildman–Crippen LogP) is 3.23. The van der Waals surface area contributed by atoms with Crippen molar-refractivity contribution in [1.29, 1.82) is 0 Å². The molecule has 1 aromatic carbocycles. The van der Waals surface area contributed by atoms with E-state index in [2.05, 4.69) is 20.2 Å². The van der Waals surface area contributed by atoms with Crippen LogP contribution in [-0.2, 0) is 11.3 Å². The van der Waals surface area contributed by atoms with E-state index >= 15 is 0 Å². The Morgan fingerprint density at radius 1 is 1.30 bits per heavy atom. The highest BCUT2D eigenvalue weighted by molar-refractivity contribution is 7.21. The number of methoxy groups -OCH3 is 1. The van der Waals surface area contributed by atoms with E-state index in [-0.39, 0.29) is 11.8 Å². The van der Waals surface area contributed by atoms with E-state index in [1.165, 1.54) is 0 Å². The summed E-state index contributed by atoms with van der Waals surface area (Å²) in [5.74, 6) is 0.989. The average Bonchev–Trinajstić information content (AvgIpc) is 3.16. The highest BCUT2D eigenvalue weighted by Crippen LogP contribution is 2.30. The van der Waals surface area contributed by atoms with E-state index in [1.54, 1.807) is 24.6 Å². The number of piperidine rings is 1. The number of carbonyl (C=O) groups is 1. The lowest BCUT2D eigenvalue weighted by atomic mass is 9.96. The maximum atomic E-state index is 12.5. The van der Waals surface area contributed by atoms with Crippen molar-refractivity contribution in [2.45, 2.75) is 19.4 Å². The zero-order valence-electron chi connectivity index (χ0n) is 15.2. The molecule has 1 N–H and O–H groups in total. The van der Waals surface area contributed by atoms with E-state index in [4.69, 9.17) is 4.74 Å². The van der Waals surface area contributed by atoms with Crippen molar-refractivity contribution < 1.29 is 9.53 Å². The van der Waals surface area contributed by atoms with E-state index in [9.17, 15) is 4.79 Å². The van der Waals surface area contributed by atoms with Crippen LogP contribution >= 0.6 is 11.3 Å². The number of hydrogen-bond acceptors (Lipinski definition) is 6. The number of nitrogens with one attached hydrogen (secondary N) is 1. The Kier molecular flexibility index (Phi) is 5.20. The third kappa shape index (κ3) is 4.03. The minimum absolute atomic E-state index is 0.0550. The summed E-state index contributed by atoms with van der Waals surface area (Å²) in [6.45, 7) is 2.22. The smallest absolute Gasteiger partial charge is 0.223 e. The summed E-state index contributed by atoms with van der Waals surface area (Å²) in [6, 6.07) is 11.7. The summed E-state index contributed by atoms with van der Waals surface area (Å²) in [6.07, 6.45) is 3.48. The first-order valence-electron chi connectivity index (χ1n) is 9.10. The standard InChI is InChI=1S/C20H22N4O2S/c1-26-16-5-2-4-14(12-16)13-22-18(25)15-7-10-24(11-8-15)20-23-17-6-3-9-21-19(17)27-20/h2-6,9,12,15H,7-8,10-11,13H2,1H3,(H,22,25). The molecule has 3 aromatic rings. The molecule has 1 fully saturated rings. The summed E-state index contributed by atoms with van der Waals surface area (Å²) < 4.78 is 5.23. The van der Waals surface area contributed by atoms with Crippen molar-refractivity contribution in [3.05, 3.63) is 48.2 Å². The van der Waals surface area contributed by atoms with Crippen LogP contribution in [0, 0.1) is 5.92 Å². The fourth-order valence-electron chi connectivity index (χ4n) is 3.34. The average molecular weight is 382 g/mol. The van der Waals surface area contributed by atoms with Gasteiger partial charge in [-0.25, -0.2) is 9.97 Å². The maximum absolute atomic E-state index is 12.5. The molecule has 6 nitrogen and oxygen atoms in total. The van der Waals surface area contributed by atoms with Crippen LogP contribution < -0.4 is 15.0 Å². The van der Waals surface area contributed by atoms with Crippen molar-refractivity contribution in [3.8, 4) is 5.75 Å². The Morgan fingerprint density at radius 3 is 2.93 bits per heavy atom. The van der Waals surface area contributed by atoms with E-state index in [0.717, 1.165) is 52.7 Å². The van der Waals surface area contributed by atoms with Gasteiger partial charge in [-0.05, 0) is 42.7 Å². The fourth-order valence-corrected chi connectivity index (χ4v) is 4.30. The van der Waals surface area contributed by atoms with Gasteiger partial charge >= 0.3 is 0 Å². The van der Waals surface area contributed by atoms with Gasteiger partial charge in [0.1, 0.15) is 16.1 Å². The zero-order valence-corrected chi connectivity index (χ0v) is 16.0. The molecule has 0 radical (unpaired) electrons. The largest absolute Gasteiger partial charge is 0.497 e. The molecule has 7 heteroatoms. The highest BCUT2D eigenvalue weighted by Gasteiger charge is 2.26. The van der Waals surface area contributed by atoms with Crippen LogP contribution in [0.15, 0.2) is 42.6 Å². The molecule has 0 atom stereocenters. The Bertz CT molecular complexity index is 901. The first-order chi connectivity index (χ1) is 13.2. The summed E-state index contributed by atoms with van der Waals surface area (Å²) in [4.78, 5) is 24.8. The number of hydrogen-bond donors (Lipinski definition) is 1. The summed E-state index contributed by atoms with van der Waals surface area (Å²) in [5, 5.41) is 4.06. The van der Waals surface area contributed by atoms with Crippen LogP contribution in [0.4, 0.5) is 5.13 Å².